The first kappa shape index (κ1) is 97.0. The summed E-state index contributed by atoms with van der Waals surface area (Å²) in [7, 11) is -12.2. The second-order valence-corrected chi connectivity index (χ2v) is 49.9. The van der Waals surface area contributed by atoms with Crippen LogP contribution >= 0.6 is 0 Å². The van der Waals surface area contributed by atoms with Crippen molar-refractivity contribution in [3.8, 4) is 0 Å². The molecular weight excluding hydrogens is 1840 g/mol. The first-order valence-corrected chi connectivity index (χ1v) is 55.3. The molecule has 0 aromatic heterocycles. The van der Waals surface area contributed by atoms with Crippen LogP contribution in [0.2, 0.25) is 0 Å². The van der Waals surface area contributed by atoms with E-state index >= 15 is 0 Å². The van der Waals surface area contributed by atoms with Crippen LogP contribution < -0.4 is 0 Å². The molecule has 0 atom stereocenters. The van der Waals surface area contributed by atoms with Crippen LogP contribution in [0.25, 0.3) is 21.5 Å². The lowest BCUT2D eigenvalue weighted by Gasteiger charge is -2.21. The molecule has 0 amide bonds. The van der Waals surface area contributed by atoms with Gasteiger partial charge in [0.2, 0.25) is 14.7 Å². The Bertz CT molecular complexity index is 6830. The van der Waals surface area contributed by atoms with E-state index in [1.165, 1.54) is 77.4 Å². The van der Waals surface area contributed by atoms with Crippen LogP contribution in [0.5, 0.6) is 0 Å². The number of fused-ring (bicyclic) bond motifs is 2. The zero-order valence-electron chi connectivity index (χ0n) is 74.3. The molecule has 2 saturated carbocycles. The summed E-state index contributed by atoms with van der Waals surface area (Å²) in [6.07, 6.45) is 9.65. The third-order valence-electron chi connectivity index (χ3n) is 23.1. The molecule has 19 rings (SSSR count). The van der Waals surface area contributed by atoms with Gasteiger partial charge < -0.3 is 0 Å². The second kappa shape index (κ2) is 44.7. The molecule has 0 radical (unpaired) electrons. The molecule has 20 heteroatoms. The van der Waals surface area contributed by atoms with Gasteiger partial charge in [-0.1, -0.05) is 223 Å². The van der Waals surface area contributed by atoms with Gasteiger partial charge >= 0.3 is 0 Å². The lowest BCUT2D eigenvalue weighted by atomic mass is 9.87. The molecule has 2 fully saturated rings. The number of sulfone groups is 3. The Balaban J connectivity index is 0.000000128. The monoisotopic (exact) mass is 1940 g/mol. The lowest BCUT2D eigenvalue weighted by molar-refractivity contribution is 0.483. The van der Waals surface area contributed by atoms with E-state index in [0.717, 1.165) is 109 Å². The molecule has 0 bridgehead atoms. The van der Waals surface area contributed by atoms with E-state index in [0.29, 0.717) is 32.9 Å². The van der Waals surface area contributed by atoms with Gasteiger partial charge in [0.05, 0.1) is 68.8 Å². The molecule has 0 N–H and O–H groups in total. The molecule has 0 saturated heterocycles. The van der Waals surface area contributed by atoms with Gasteiger partial charge in [-0.2, -0.15) is 0 Å². The lowest BCUT2D eigenvalue weighted by Crippen LogP contribution is -2.24. The molecule has 6 nitrogen and oxygen atoms in total. The summed E-state index contributed by atoms with van der Waals surface area (Å²) >= 11 is 0. The molecule has 0 aliphatic heterocycles. The van der Waals surface area contributed by atoms with E-state index in [2.05, 4.69) is 251 Å². The van der Waals surface area contributed by atoms with Crippen LogP contribution in [0.3, 0.4) is 0 Å². The van der Waals surface area contributed by atoms with Gasteiger partial charge in [-0.05, 0) is 258 Å². The van der Waals surface area contributed by atoms with Gasteiger partial charge in [-0.25, -0.2) is 51.6 Å². The Hall–Kier alpha value is -11.6. The number of hydrogen-bond donors (Lipinski definition) is 0. The summed E-state index contributed by atoms with van der Waals surface area (Å²) in [5.74, 6) is -5.63. The van der Waals surface area contributed by atoms with Crippen molar-refractivity contribution in [1.82, 2.24) is 0 Å². The second-order valence-electron chi connectivity index (χ2n) is 33.4. The molecular formula is C114H101F6O6S8+5. The van der Waals surface area contributed by atoms with E-state index in [4.69, 9.17) is 0 Å². The third-order valence-corrected chi connectivity index (χ3v) is 40.0. The molecule has 134 heavy (non-hydrogen) atoms. The summed E-state index contributed by atoms with van der Waals surface area (Å²) in [5.41, 5.74) is 1.53. The Morgan fingerprint density at radius 2 is 0.463 bits per heavy atom. The predicted molar refractivity (Wildman–Crippen MR) is 538 cm³/mol. The van der Waals surface area contributed by atoms with Crippen molar-refractivity contribution in [3.05, 3.63) is 459 Å². The standard InChI is InChI=1S/C30H27S.C24H25O2S2.C23H23O2S2.C19H17O2S2.C18H9F6S/c1-30(2,3)26-14-18-27(19-15-26)31(28-16-12-22-8-4-6-10-24(22)20-28)29-17-13-23-9-5-7-11-25(23)21-29;25-28(26,23-14-8-3-9-15-23)24-18-16-22(17-19-24)27(20-10-4-1-5-11-20)21-12-6-2-7-13-21;24-27(25,22-13-7-8-14-22)23-17-15-21(16-18-23)26(19-9-3-1-4-10-19)20-11-5-2-6-12-20;1-23(20,21)19-14-12-18(13-15-19)22(16-8-4-2-5-9-16)17-10-6-3-7-11-17;19-10-1-4-16(13(22)7-10)25(17-5-2-11(20)8-14(17)23)18-6-3-12(21)9-15(18)24/h4-21H,1-3H3;1-2,4-7,10-13,16-19,23H,3,8-9,14-15H2;1-6,9-12,15-18,22H,7-8,13-14H2;2-15H,1H3;1-9H/q5*+1. The molecule has 2 aliphatic carbocycles. The third kappa shape index (κ3) is 24.2. The van der Waals surface area contributed by atoms with Crippen LogP contribution in [0.15, 0.2) is 507 Å². The Kier molecular flexibility index (Phi) is 32.4. The van der Waals surface area contributed by atoms with E-state index in [1.807, 2.05) is 109 Å². The van der Waals surface area contributed by atoms with Gasteiger partial charge in [-0.15, -0.1) is 0 Å². The van der Waals surface area contributed by atoms with Gasteiger partial charge in [0, 0.05) is 54.8 Å². The maximum Gasteiger partial charge on any atom is 0.202 e. The minimum Gasteiger partial charge on any atom is -0.224 e. The molecule has 2 aliphatic rings. The smallest absolute Gasteiger partial charge is 0.202 e. The van der Waals surface area contributed by atoms with Crippen molar-refractivity contribution in [1.29, 1.82) is 0 Å². The average molecular weight is 1940 g/mol. The molecule has 17 aromatic rings. The van der Waals surface area contributed by atoms with Crippen LogP contribution in [0, 0.1) is 34.9 Å². The maximum absolute atomic E-state index is 14.3. The molecule has 0 unspecified atom stereocenters. The predicted octanol–water partition coefficient (Wildman–Crippen LogP) is 29.6. The van der Waals surface area contributed by atoms with Crippen molar-refractivity contribution < 1.29 is 51.6 Å². The largest absolute Gasteiger partial charge is 0.224 e. The van der Waals surface area contributed by atoms with Crippen molar-refractivity contribution in [2.24, 2.45) is 0 Å². The highest BCUT2D eigenvalue weighted by Crippen LogP contribution is 2.42. The summed E-state index contributed by atoms with van der Waals surface area (Å²) < 4.78 is 157. The van der Waals surface area contributed by atoms with E-state index < -0.39 is 75.3 Å². The highest BCUT2D eigenvalue weighted by atomic mass is 32.2. The fraction of sp³-hybridized carbons (Fsp3) is 0.140. The molecule has 678 valence electrons. The SMILES string of the molecule is CC(C)(C)c1ccc([S+](c2ccc3ccccc3c2)c2ccc3ccccc3c2)cc1.CS(=O)(=O)c1ccc([S+](c2ccccc2)c2ccccc2)cc1.Fc1ccc([S+](c2ccc(F)cc2F)c2ccc(F)cc2F)c(F)c1.O=S(=O)(c1ccc([S+](c2ccccc2)c2ccccc2)cc1)C1CCCC1.O=S(=O)(c1ccc([S+](c2ccccc2)c2ccccc2)cc1)C1CCCCC1. The summed E-state index contributed by atoms with van der Waals surface area (Å²) in [6, 6.07) is 133. The van der Waals surface area contributed by atoms with Crippen LogP contribution in [0.4, 0.5) is 26.3 Å². The Morgan fingerprint density at radius 1 is 0.231 bits per heavy atom. The molecule has 0 heterocycles. The number of halogens is 6. The van der Waals surface area contributed by atoms with E-state index in [1.54, 1.807) is 24.3 Å². The van der Waals surface area contributed by atoms with Crippen LogP contribution in [-0.4, -0.2) is 42.0 Å². The minimum atomic E-state index is -3.23. The average Bonchev–Trinajstić information content (AvgIpc) is 0.795. The van der Waals surface area contributed by atoms with E-state index in [-0.39, 0.29) is 74.2 Å². The van der Waals surface area contributed by atoms with Crippen molar-refractivity contribution in [2.75, 3.05) is 6.26 Å². The number of rotatable bonds is 20. The highest BCUT2D eigenvalue weighted by molar-refractivity contribution is 7.98. The van der Waals surface area contributed by atoms with Crippen molar-refractivity contribution in [2.45, 2.75) is 183 Å². The van der Waals surface area contributed by atoms with E-state index in [9.17, 15) is 51.6 Å². The zero-order valence-corrected chi connectivity index (χ0v) is 80.9. The summed E-state index contributed by atoms with van der Waals surface area (Å²) in [4.78, 5) is 15.5. The van der Waals surface area contributed by atoms with Gasteiger partial charge in [-0.3, -0.25) is 0 Å². The molecule has 0 spiro atoms. The maximum atomic E-state index is 14.3. The zero-order chi connectivity index (χ0) is 93.9. The van der Waals surface area contributed by atoms with Crippen molar-refractivity contribution in [3.63, 3.8) is 0 Å². The highest BCUT2D eigenvalue weighted by Gasteiger charge is 2.40. The molecule has 17 aromatic carbocycles. The van der Waals surface area contributed by atoms with Crippen LogP contribution in [-0.2, 0) is 89.4 Å². The fourth-order valence-electron chi connectivity index (χ4n) is 16.2. The van der Waals surface area contributed by atoms with Crippen molar-refractivity contribution >= 4 is 106 Å². The van der Waals surface area contributed by atoms with Gasteiger partial charge in [0.25, 0.3) is 0 Å². The first-order valence-electron chi connectivity index (χ1n) is 44.2. The quantitative estimate of drug-likeness (QED) is 0.0556. The van der Waals surface area contributed by atoms with Gasteiger partial charge in [0.1, 0.15) is 28.3 Å². The number of hydrogen-bond acceptors (Lipinski definition) is 6. The summed E-state index contributed by atoms with van der Waals surface area (Å²) in [6.45, 7) is 6.82. The van der Waals surface area contributed by atoms with Gasteiger partial charge in [0.15, 0.2) is 106 Å². The Morgan fingerprint density at radius 3 is 0.731 bits per heavy atom. The van der Waals surface area contributed by atoms with Crippen LogP contribution in [0.1, 0.15) is 84.1 Å². The first-order chi connectivity index (χ1) is 64.7. The summed E-state index contributed by atoms with van der Waals surface area (Å²) in [5, 5.41) is 4.75. The minimum absolute atomic E-state index is 0.156. The normalized spacial score (nSPS) is 13.2. The number of benzene rings is 17. The topological polar surface area (TPSA) is 102 Å². The fourth-order valence-corrected chi connectivity index (χ4v) is 31.0. The Labute approximate surface area is 798 Å².